The molecule has 3 aromatic rings. The number of hydrogen-bond donors (Lipinski definition) is 1. The van der Waals surface area contributed by atoms with E-state index in [1.807, 2.05) is 43.3 Å². The Morgan fingerprint density at radius 2 is 1.70 bits per heavy atom. The highest BCUT2D eigenvalue weighted by Gasteiger charge is 2.39. The van der Waals surface area contributed by atoms with E-state index in [1.165, 1.54) is 4.31 Å². The number of carbonyl (C=O) groups is 1. The lowest BCUT2D eigenvalue weighted by Crippen LogP contribution is -2.52. The third kappa shape index (κ3) is 4.13. The minimum atomic E-state index is -3.84. The van der Waals surface area contributed by atoms with E-state index in [4.69, 9.17) is 0 Å². The van der Waals surface area contributed by atoms with Gasteiger partial charge >= 0.3 is 0 Å². The molecule has 1 aliphatic heterocycles. The van der Waals surface area contributed by atoms with E-state index in [-0.39, 0.29) is 17.3 Å². The number of aryl methyl sites for hydroxylation is 1. The number of nitrogens with one attached hydrogen (secondary N) is 1. The van der Waals surface area contributed by atoms with Crippen molar-refractivity contribution in [1.82, 2.24) is 14.6 Å². The third-order valence-electron chi connectivity index (χ3n) is 5.35. The molecule has 2 heterocycles. The molecule has 1 amide bonds. The Bertz CT molecular complexity index is 1150. The lowest BCUT2D eigenvalue weighted by Gasteiger charge is -2.35. The predicted molar refractivity (Wildman–Crippen MR) is 114 cm³/mol. The van der Waals surface area contributed by atoms with E-state index in [9.17, 15) is 13.2 Å². The second kappa shape index (κ2) is 8.38. The SMILES string of the molecule is Cc1ccc(S(=O)(=O)N2Cc3ccccc3CC2C(=O)NCc2ccncc2)cc1. The zero-order valence-electron chi connectivity index (χ0n) is 16.7. The van der Waals surface area contributed by atoms with Crippen LogP contribution < -0.4 is 5.32 Å². The zero-order valence-corrected chi connectivity index (χ0v) is 17.5. The zero-order chi connectivity index (χ0) is 21.1. The molecule has 1 aromatic heterocycles. The van der Waals surface area contributed by atoms with Crippen molar-refractivity contribution in [2.75, 3.05) is 0 Å². The van der Waals surface area contributed by atoms with Crippen molar-refractivity contribution in [3.05, 3.63) is 95.3 Å². The quantitative estimate of drug-likeness (QED) is 0.687. The lowest BCUT2D eigenvalue weighted by molar-refractivity contribution is -0.125. The monoisotopic (exact) mass is 421 g/mol. The second-order valence-corrected chi connectivity index (χ2v) is 9.32. The maximum Gasteiger partial charge on any atom is 0.244 e. The molecule has 7 heteroatoms. The Kier molecular flexibility index (Phi) is 5.65. The molecule has 0 fully saturated rings. The summed E-state index contributed by atoms with van der Waals surface area (Å²) in [5.74, 6) is -0.308. The number of hydrogen-bond acceptors (Lipinski definition) is 4. The molecule has 0 aliphatic carbocycles. The highest BCUT2D eigenvalue weighted by Crippen LogP contribution is 2.29. The molecule has 154 valence electrons. The fourth-order valence-corrected chi connectivity index (χ4v) is 5.19. The molecule has 1 atom stereocenters. The summed E-state index contributed by atoms with van der Waals surface area (Å²) >= 11 is 0. The molecule has 0 radical (unpaired) electrons. The summed E-state index contributed by atoms with van der Waals surface area (Å²) in [5, 5.41) is 2.89. The number of nitrogens with zero attached hydrogens (tertiary/aromatic N) is 2. The Hall–Kier alpha value is -3.03. The fraction of sp³-hybridized carbons (Fsp3) is 0.217. The van der Waals surface area contributed by atoms with Gasteiger partial charge in [0.15, 0.2) is 0 Å². The van der Waals surface area contributed by atoms with Crippen LogP contribution in [0.1, 0.15) is 22.3 Å². The third-order valence-corrected chi connectivity index (χ3v) is 7.22. The first-order chi connectivity index (χ1) is 14.4. The maximum absolute atomic E-state index is 13.4. The van der Waals surface area contributed by atoms with Gasteiger partial charge in [-0.2, -0.15) is 4.31 Å². The van der Waals surface area contributed by atoms with Gasteiger partial charge in [0.25, 0.3) is 0 Å². The standard InChI is InChI=1S/C23H23N3O3S/c1-17-6-8-21(9-7-17)30(28,29)26-16-20-5-3-2-4-19(20)14-22(26)23(27)25-15-18-10-12-24-13-11-18/h2-13,22H,14-16H2,1H3,(H,25,27). The minimum Gasteiger partial charge on any atom is -0.351 e. The van der Waals surface area contributed by atoms with E-state index in [0.29, 0.717) is 13.0 Å². The number of carbonyl (C=O) groups excluding carboxylic acids is 1. The topological polar surface area (TPSA) is 79.4 Å². The lowest BCUT2D eigenvalue weighted by atomic mass is 9.95. The van der Waals surface area contributed by atoms with Crippen LogP contribution in [-0.4, -0.2) is 29.7 Å². The highest BCUT2D eigenvalue weighted by atomic mass is 32.2. The van der Waals surface area contributed by atoms with Crippen molar-refractivity contribution in [2.24, 2.45) is 0 Å². The van der Waals surface area contributed by atoms with Crippen molar-refractivity contribution in [3.8, 4) is 0 Å². The van der Waals surface area contributed by atoms with Crippen molar-refractivity contribution in [2.45, 2.75) is 37.4 Å². The van der Waals surface area contributed by atoms with E-state index in [2.05, 4.69) is 10.3 Å². The first-order valence-electron chi connectivity index (χ1n) is 9.77. The second-order valence-electron chi connectivity index (χ2n) is 7.43. The predicted octanol–water partition coefficient (Wildman–Crippen LogP) is 2.82. The van der Waals surface area contributed by atoms with Gasteiger partial charge in [0.1, 0.15) is 6.04 Å². The van der Waals surface area contributed by atoms with Gasteiger partial charge in [-0.3, -0.25) is 9.78 Å². The number of aromatic nitrogens is 1. The normalized spacial score (nSPS) is 16.6. The van der Waals surface area contributed by atoms with Gasteiger partial charge in [0, 0.05) is 25.5 Å². The van der Waals surface area contributed by atoms with Crippen LogP contribution in [0.3, 0.4) is 0 Å². The fourth-order valence-electron chi connectivity index (χ4n) is 3.63. The molecule has 6 nitrogen and oxygen atoms in total. The van der Waals surface area contributed by atoms with Crippen LogP contribution in [0, 0.1) is 6.92 Å². The van der Waals surface area contributed by atoms with Gasteiger partial charge in [-0.05, 0) is 54.3 Å². The summed E-state index contributed by atoms with van der Waals surface area (Å²) in [4.78, 5) is 17.3. The molecule has 1 aliphatic rings. The molecular weight excluding hydrogens is 398 g/mol. The number of amides is 1. The summed E-state index contributed by atoms with van der Waals surface area (Å²) in [5.41, 5.74) is 3.80. The van der Waals surface area contributed by atoms with Crippen LogP contribution in [0.25, 0.3) is 0 Å². The van der Waals surface area contributed by atoms with Crippen LogP contribution >= 0.6 is 0 Å². The van der Waals surface area contributed by atoms with Gasteiger partial charge in [0.2, 0.25) is 15.9 Å². The Balaban J connectivity index is 1.65. The Morgan fingerprint density at radius 3 is 2.40 bits per heavy atom. The van der Waals surface area contributed by atoms with Gasteiger partial charge in [0.05, 0.1) is 4.90 Å². The van der Waals surface area contributed by atoms with Gasteiger partial charge < -0.3 is 5.32 Å². The molecule has 0 saturated heterocycles. The number of pyridine rings is 1. The first-order valence-corrected chi connectivity index (χ1v) is 11.2. The summed E-state index contributed by atoms with van der Waals surface area (Å²) in [6, 6.07) is 17.2. The van der Waals surface area contributed by atoms with Gasteiger partial charge in [-0.25, -0.2) is 8.42 Å². The Labute approximate surface area is 176 Å². The number of sulfonamides is 1. The van der Waals surface area contributed by atoms with Crippen molar-refractivity contribution < 1.29 is 13.2 Å². The molecule has 0 bridgehead atoms. The van der Waals surface area contributed by atoms with Crippen molar-refractivity contribution >= 4 is 15.9 Å². The van der Waals surface area contributed by atoms with E-state index in [1.54, 1.807) is 36.7 Å². The highest BCUT2D eigenvalue weighted by molar-refractivity contribution is 7.89. The molecular formula is C23H23N3O3S. The van der Waals surface area contributed by atoms with Crippen LogP contribution in [-0.2, 0) is 34.3 Å². The summed E-state index contributed by atoms with van der Waals surface area (Å²) in [6.45, 7) is 2.39. The largest absolute Gasteiger partial charge is 0.351 e. The first kappa shape index (κ1) is 20.3. The summed E-state index contributed by atoms with van der Waals surface area (Å²) in [6.07, 6.45) is 3.66. The number of rotatable bonds is 5. The minimum absolute atomic E-state index is 0.166. The van der Waals surface area contributed by atoms with Crippen molar-refractivity contribution in [1.29, 1.82) is 0 Å². The Morgan fingerprint density at radius 1 is 1.03 bits per heavy atom. The van der Waals surface area contributed by atoms with E-state index >= 15 is 0 Å². The van der Waals surface area contributed by atoms with Crippen LogP contribution in [0.2, 0.25) is 0 Å². The molecule has 0 saturated carbocycles. The molecule has 30 heavy (non-hydrogen) atoms. The van der Waals surface area contributed by atoms with Gasteiger partial charge in [-0.15, -0.1) is 0 Å². The number of fused-ring (bicyclic) bond motifs is 1. The molecule has 4 rings (SSSR count). The molecule has 2 aromatic carbocycles. The number of benzene rings is 2. The average molecular weight is 422 g/mol. The van der Waals surface area contributed by atoms with E-state index in [0.717, 1.165) is 22.3 Å². The van der Waals surface area contributed by atoms with E-state index < -0.39 is 16.1 Å². The maximum atomic E-state index is 13.4. The summed E-state index contributed by atoms with van der Waals surface area (Å²) in [7, 11) is -3.84. The van der Waals surface area contributed by atoms with Gasteiger partial charge in [-0.1, -0.05) is 42.0 Å². The smallest absolute Gasteiger partial charge is 0.244 e. The summed E-state index contributed by atoms with van der Waals surface area (Å²) < 4.78 is 28.2. The van der Waals surface area contributed by atoms with Crippen LogP contribution in [0.5, 0.6) is 0 Å². The molecule has 1 unspecified atom stereocenters. The molecule has 1 N–H and O–H groups in total. The molecule has 0 spiro atoms. The van der Waals surface area contributed by atoms with Crippen LogP contribution in [0.15, 0.2) is 78.0 Å². The van der Waals surface area contributed by atoms with Crippen LogP contribution in [0.4, 0.5) is 0 Å². The average Bonchev–Trinajstić information content (AvgIpc) is 2.77. The van der Waals surface area contributed by atoms with Crippen molar-refractivity contribution in [3.63, 3.8) is 0 Å².